The zero-order valence-electron chi connectivity index (χ0n) is 18.1. The SMILES string of the molecule is Cc1cc(NS(=O)(=O)c2ccc(NC(=O)c3cccnc3OC3CCSC3)cc2)nc(C)n1. The van der Waals surface area contributed by atoms with E-state index >= 15 is 0 Å². The molecule has 1 amide bonds. The van der Waals surface area contributed by atoms with Crippen LogP contribution in [0.4, 0.5) is 11.5 Å². The third kappa shape index (κ3) is 5.79. The predicted octanol–water partition coefficient (Wildman–Crippen LogP) is 3.43. The molecule has 3 heterocycles. The Morgan fingerprint density at radius 1 is 1.15 bits per heavy atom. The summed E-state index contributed by atoms with van der Waals surface area (Å²) >= 11 is 1.81. The largest absolute Gasteiger partial charge is 0.473 e. The van der Waals surface area contributed by atoms with Gasteiger partial charge in [-0.05, 0) is 62.4 Å². The lowest BCUT2D eigenvalue weighted by atomic mass is 10.2. The van der Waals surface area contributed by atoms with Crippen LogP contribution in [0, 0.1) is 13.8 Å². The van der Waals surface area contributed by atoms with Gasteiger partial charge < -0.3 is 10.1 Å². The molecule has 11 heteroatoms. The summed E-state index contributed by atoms with van der Waals surface area (Å²) in [5.74, 6) is 2.47. The molecular weight excluding hydrogens is 462 g/mol. The second-order valence-corrected chi connectivity index (χ2v) is 10.3. The predicted molar refractivity (Wildman–Crippen MR) is 127 cm³/mol. The van der Waals surface area contributed by atoms with Crippen LogP contribution in [0.5, 0.6) is 5.88 Å². The molecule has 33 heavy (non-hydrogen) atoms. The number of nitrogens with zero attached hydrogens (tertiary/aromatic N) is 3. The number of ether oxygens (including phenoxy) is 1. The highest BCUT2D eigenvalue weighted by Gasteiger charge is 2.22. The molecule has 0 saturated carbocycles. The lowest BCUT2D eigenvalue weighted by Crippen LogP contribution is -2.20. The van der Waals surface area contributed by atoms with Crippen LogP contribution in [0.2, 0.25) is 0 Å². The highest BCUT2D eigenvalue weighted by atomic mass is 32.2. The number of hydrogen-bond acceptors (Lipinski definition) is 8. The number of rotatable bonds is 7. The van der Waals surface area contributed by atoms with Gasteiger partial charge in [0, 0.05) is 29.4 Å². The van der Waals surface area contributed by atoms with Gasteiger partial charge in [0.05, 0.1) is 4.90 Å². The summed E-state index contributed by atoms with van der Waals surface area (Å²) in [6.45, 7) is 3.45. The maximum Gasteiger partial charge on any atom is 0.263 e. The minimum Gasteiger partial charge on any atom is -0.473 e. The van der Waals surface area contributed by atoms with Gasteiger partial charge in [0.15, 0.2) is 0 Å². The molecule has 2 aromatic heterocycles. The quantitative estimate of drug-likeness (QED) is 0.522. The van der Waals surface area contributed by atoms with Crippen LogP contribution in [0.15, 0.2) is 53.6 Å². The Bertz CT molecular complexity index is 1240. The minimum atomic E-state index is -3.85. The number of aromatic nitrogens is 3. The van der Waals surface area contributed by atoms with Gasteiger partial charge in [0.2, 0.25) is 5.88 Å². The van der Waals surface area contributed by atoms with Crippen molar-refractivity contribution in [3.8, 4) is 5.88 Å². The molecule has 172 valence electrons. The fraction of sp³-hybridized carbons (Fsp3) is 0.273. The summed E-state index contributed by atoms with van der Waals surface area (Å²) in [5.41, 5.74) is 1.42. The van der Waals surface area contributed by atoms with Gasteiger partial charge in [0.25, 0.3) is 15.9 Å². The summed E-state index contributed by atoms with van der Waals surface area (Å²) in [6, 6.07) is 10.7. The number of amides is 1. The van der Waals surface area contributed by atoms with Gasteiger partial charge >= 0.3 is 0 Å². The third-order valence-corrected chi connectivity index (χ3v) is 7.31. The van der Waals surface area contributed by atoms with Gasteiger partial charge in [0.1, 0.15) is 23.3 Å². The molecule has 1 atom stereocenters. The van der Waals surface area contributed by atoms with E-state index in [0.29, 0.717) is 28.6 Å². The first-order chi connectivity index (χ1) is 15.8. The van der Waals surface area contributed by atoms with E-state index in [1.54, 1.807) is 38.2 Å². The van der Waals surface area contributed by atoms with Crippen molar-refractivity contribution in [1.82, 2.24) is 15.0 Å². The standard InChI is InChI=1S/C22H23N5O4S2/c1-14-12-20(25-15(2)24-14)27-33(29,30)18-7-5-16(6-8-18)26-21(28)19-4-3-10-23-22(19)31-17-9-11-32-13-17/h3-8,10,12,17H,9,11,13H2,1-2H3,(H,26,28)(H,24,25,27). The second kappa shape index (κ2) is 9.75. The number of benzene rings is 1. The molecule has 0 spiro atoms. The zero-order chi connectivity index (χ0) is 23.4. The van der Waals surface area contributed by atoms with Crippen molar-refractivity contribution in [3.63, 3.8) is 0 Å². The van der Waals surface area contributed by atoms with Crippen LogP contribution in [0.25, 0.3) is 0 Å². The number of aryl methyl sites for hydroxylation is 2. The first kappa shape index (κ1) is 23.0. The van der Waals surface area contributed by atoms with Crippen LogP contribution >= 0.6 is 11.8 Å². The summed E-state index contributed by atoms with van der Waals surface area (Å²) in [6.07, 6.45) is 2.54. The Morgan fingerprint density at radius 3 is 2.64 bits per heavy atom. The Kier molecular flexibility index (Phi) is 6.80. The molecule has 1 aliphatic rings. The Hall–Kier alpha value is -3.18. The Morgan fingerprint density at radius 2 is 1.94 bits per heavy atom. The van der Waals surface area contributed by atoms with E-state index in [2.05, 4.69) is 25.0 Å². The molecule has 1 aliphatic heterocycles. The van der Waals surface area contributed by atoms with Crippen molar-refractivity contribution in [2.45, 2.75) is 31.3 Å². The van der Waals surface area contributed by atoms with E-state index in [4.69, 9.17) is 4.74 Å². The van der Waals surface area contributed by atoms with E-state index < -0.39 is 10.0 Å². The molecule has 0 bridgehead atoms. The molecule has 3 aromatic rings. The second-order valence-electron chi connectivity index (χ2n) is 7.49. The number of anilines is 2. The first-order valence-corrected chi connectivity index (χ1v) is 12.9. The number of pyridine rings is 1. The van der Waals surface area contributed by atoms with Crippen molar-refractivity contribution >= 4 is 39.2 Å². The highest BCUT2D eigenvalue weighted by Crippen LogP contribution is 2.25. The highest BCUT2D eigenvalue weighted by molar-refractivity contribution is 7.99. The molecule has 0 radical (unpaired) electrons. The molecule has 9 nitrogen and oxygen atoms in total. The number of hydrogen-bond donors (Lipinski definition) is 2. The summed E-state index contributed by atoms with van der Waals surface area (Å²) < 4.78 is 33.8. The van der Waals surface area contributed by atoms with Gasteiger partial charge in [-0.25, -0.2) is 23.4 Å². The van der Waals surface area contributed by atoms with Gasteiger partial charge in [-0.3, -0.25) is 9.52 Å². The van der Waals surface area contributed by atoms with E-state index in [9.17, 15) is 13.2 Å². The molecule has 1 saturated heterocycles. The molecule has 2 N–H and O–H groups in total. The lowest BCUT2D eigenvalue weighted by Gasteiger charge is -2.14. The number of carbonyl (C=O) groups is 1. The number of sulfonamides is 1. The van der Waals surface area contributed by atoms with Gasteiger partial charge in [-0.15, -0.1) is 0 Å². The lowest BCUT2D eigenvalue weighted by molar-refractivity contribution is 0.101. The van der Waals surface area contributed by atoms with E-state index in [0.717, 1.165) is 17.9 Å². The van der Waals surface area contributed by atoms with Crippen LogP contribution in [0.3, 0.4) is 0 Å². The molecule has 1 unspecified atom stereocenters. The van der Waals surface area contributed by atoms with Crippen molar-refractivity contribution < 1.29 is 17.9 Å². The third-order valence-electron chi connectivity index (χ3n) is 4.81. The molecule has 1 fully saturated rings. The maximum absolute atomic E-state index is 12.8. The van der Waals surface area contributed by atoms with Crippen LogP contribution in [-0.2, 0) is 10.0 Å². The summed E-state index contributed by atoms with van der Waals surface area (Å²) in [5, 5.41) is 2.77. The Balaban J connectivity index is 1.46. The van der Waals surface area contributed by atoms with E-state index in [1.165, 1.54) is 24.3 Å². The number of carbonyl (C=O) groups excluding carboxylic acids is 1. The summed E-state index contributed by atoms with van der Waals surface area (Å²) in [4.78, 5) is 25.3. The average molecular weight is 486 g/mol. The van der Waals surface area contributed by atoms with Gasteiger partial charge in [-0.2, -0.15) is 11.8 Å². The van der Waals surface area contributed by atoms with Crippen LogP contribution < -0.4 is 14.8 Å². The maximum atomic E-state index is 12.8. The first-order valence-electron chi connectivity index (χ1n) is 10.3. The monoisotopic (exact) mass is 485 g/mol. The Labute approximate surface area is 196 Å². The van der Waals surface area contributed by atoms with E-state index in [-0.39, 0.29) is 22.7 Å². The zero-order valence-corrected chi connectivity index (χ0v) is 19.7. The fourth-order valence-electron chi connectivity index (χ4n) is 3.30. The van der Waals surface area contributed by atoms with E-state index in [1.807, 2.05) is 11.8 Å². The summed E-state index contributed by atoms with van der Waals surface area (Å²) in [7, 11) is -3.85. The van der Waals surface area contributed by atoms with Gasteiger partial charge in [-0.1, -0.05) is 0 Å². The molecule has 0 aliphatic carbocycles. The topological polar surface area (TPSA) is 123 Å². The van der Waals surface area contributed by atoms with Crippen molar-refractivity contribution in [2.24, 2.45) is 0 Å². The molecule has 4 rings (SSSR count). The fourth-order valence-corrected chi connectivity index (χ4v) is 5.39. The van der Waals surface area contributed by atoms with Crippen molar-refractivity contribution in [2.75, 3.05) is 21.5 Å². The minimum absolute atomic E-state index is 0.0379. The molecule has 1 aromatic carbocycles. The number of nitrogens with one attached hydrogen (secondary N) is 2. The normalized spacial score (nSPS) is 15.8. The number of thioether (sulfide) groups is 1. The molecular formula is C22H23N5O4S2. The van der Waals surface area contributed by atoms with Crippen LogP contribution in [-0.4, -0.2) is 46.9 Å². The average Bonchev–Trinajstić information content (AvgIpc) is 3.26. The smallest absolute Gasteiger partial charge is 0.263 e. The van der Waals surface area contributed by atoms with Crippen LogP contribution in [0.1, 0.15) is 28.3 Å². The van der Waals surface area contributed by atoms with Crippen molar-refractivity contribution in [1.29, 1.82) is 0 Å². The van der Waals surface area contributed by atoms with Crippen molar-refractivity contribution in [3.05, 3.63) is 65.7 Å².